The number of furan rings is 1. The second-order valence-corrected chi connectivity index (χ2v) is 6.15. The maximum absolute atomic E-state index is 13.0. The molecule has 0 saturated heterocycles. The zero-order chi connectivity index (χ0) is 18.8. The molecule has 6 nitrogen and oxygen atoms in total. The van der Waals surface area contributed by atoms with Crippen LogP contribution in [0.4, 0.5) is 0 Å². The van der Waals surface area contributed by atoms with Crippen molar-refractivity contribution < 1.29 is 19.1 Å². The van der Waals surface area contributed by atoms with Gasteiger partial charge in [0.1, 0.15) is 11.5 Å². The van der Waals surface area contributed by atoms with Gasteiger partial charge in [-0.25, -0.2) is 5.01 Å². The molecule has 1 aliphatic heterocycles. The third kappa shape index (κ3) is 3.06. The molecule has 0 unspecified atom stereocenters. The van der Waals surface area contributed by atoms with Gasteiger partial charge in [-0.3, -0.25) is 4.79 Å². The molecule has 2 aromatic carbocycles. The van der Waals surface area contributed by atoms with E-state index in [1.807, 2.05) is 30.3 Å². The van der Waals surface area contributed by atoms with Crippen molar-refractivity contribution in [1.82, 2.24) is 5.01 Å². The van der Waals surface area contributed by atoms with E-state index >= 15 is 0 Å². The monoisotopic (exact) mass is 362 g/mol. The molecular weight excluding hydrogens is 344 g/mol. The Morgan fingerprint density at radius 1 is 1.15 bits per heavy atom. The number of rotatable bonds is 4. The third-order valence-corrected chi connectivity index (χ3v) is 4.56. The van der Waals surface area contributed by atoms with Gasteiger partial charge in [-0.05, 0) is 30.3 Å². The minimum absolute atomic E-state index is 0.127. The van der Waals surface area contributed by atoms with E-state index in [0.717, 1.165) is 5.56 Å². The van der Waals surface area contributed by atoms with Gasteiger partial charge < -0.3 is 14.3 Å². The zero-order valence-corrected chi connectivity index (χ0v) is 14.7. The fourth-order valence-electron chi connectivity index (χ4n) is 3.28. The van der Waals surface area contributed by atoms with Crippen LogP contribution >= 0.6 is 0 Å². The van der Waals surface area contributed by atoms with Gasteiger partial charge in [0.15, 0.2) is 5.76 Å². The predicted molar refractivity (Wildman–Crippen MR) is 99.9 cm³/mol. The minimum atomic E-state index is -0.367. The van der Waals surface area contributed by atoms with Crippen molar-refractivity contribution in [2.45, 2.75) is 12.5 Å². The van der Waals surface area contributed by atoms with Crippen molar-refractivity contribution in [2.75, 3.05) is 7.11 Å². The smallest absolute Gasteiger partial charge is 0.310 e. The van der Waals surface area contributed by atoms with Crippen LogP contribution in [0.25, 0.3) is 0 Å². The molecule has 0 saturated carbocycles. The molecule has 1 aliphatic rings. The molecule has 2 heterocycles. The summed E-state index contributed by atoms with van der Waals surface area (Å²) >= 11 is 0. The molecular formula is C21H18N2O4. The number of ether oxygens (including phenoxy) is 1. The van der Waals surface area contributed by atoms with Crippen LogP contribution in [0.3, 0.4) is 0 Å². The second kappa shape index (κ2) is 6.99. The molecule has 6 heteroatoms. The van der Waals surface area contributed by atoms with Crippen LogP contribution in [-0.2, 0) is 0 Å². The Morgan fingerprint density at radius 2 is 1.93 bits per heavy atom. The fourth-order valence-corrected chi connectivity index (χ4v) is 3.28. The average molecular weight is 362 g/mol. The SMILES string of the molecule is COc1ccccc1[C@@H]1CC(c2ccccc2O)=NN1C(=O)c1ccco1. The highest BCUT2D eigenvalue weighted by atomic mass is 16.5. The van der Waals surface area contributed by atoms with Gasteiger partial charge >= 0.3 is 5.91 Å². The maximum atomic E-state index is 13.0. The molecule has 0 spiro atoms. The minimum Gasteiger partial charge on any atom is -0.507 e. The Labute approximate surface area is 156 Å². The van der Waals surface area contributed by atoms with Crippen molar-refractivity contribution in [2.24, 2.45) is 5.10 Å². The Bertz CT molecular complexity index is 995. The van der Waals surface area contributed by atoms with Gasteiger partial charge in [-0.1, -0.05) is 30.3 Å². The molecule has 1 atom stereocenters. The Morgan fingerprint density at radius 3 is 2.67 bits per heavy atom. The summed E-state index contributed by atoms with van der Waals surface area (Å²) in [6.45, 7) is 0. The molecule has 1 aromatic heterocycles. The van der Waals surface area contributed by atoms with E-state index in [1.165, 1.54) is 11.3 Å². The zero-order valence-electron chi connectivity index (χ0n) is 14.7. The van der Waals surface area contributed by atoms with Crippen molar-refractivity contribution in [3.05, 3.63) is 83.8 Å². The van der Waals surface area contributed by atoms with Crippen molar-refractivity contribution in [3.8, 4) is 11.5 Å². The maximum Gasteiger partial charge on any atom is 0.310 e. The standard InChI is InChI=1S/C21H18N2O4/c1-26-19-10-5-3-8-15(19)17-13-16(14-7-2-4-9-18(14)24)22-23(17)21(25)20-11-6-12-27-20/h2-12,17,24H,13H2,1H3/t17-/m0/s1. The van der Waals surface area contributed by atoms with E-state index < -0.39 is 0 Å². The Kier molecular flexibility index (Phi) is 4.38. The van der Waals surface area contributed by atoms with Gasteiger partial charge in [0.05, 0.1) is 25.1 Å². The first-order chi connectivity index (χ1) is 13.2. The predicted octanol–water partition coefficient (Wildman–Crippen LogP) is 3.99. The molecule has 0 bridgehead atoms. The Hall–Kier alpha value is -3.54. The molecule has 3 aromatic rings. The highest BCUT2D eigenvalue weighted by Gasteiger charge is 2.36. The summed E-state index contributed by atoms with van der Waals surface area (Å²) in [5, 5.41) is 16.1. The molecule has 1 amide bonds. The first-order valence-corrected chi connectivity index (χ1v) is 8.55. The summed E-state index contributed by atoms with van der Waals surface area (Å²) in [5.74, 6) is 0.661. The summed E-state index contributed by atoms with van der Waals surface area (Å²) in [4.78, 5) is 13.0. The lowest BCUT2D eigenvalue weighted by Gasteiger charge is -2.22. The van der Waals surface area contributed by atoms with E-state index in [0.29, 0.717) is 23.4 Å². The summed E-state index contributed by atoms with van der Waals surface area (Å²) < 4.78 is 10.8. The Balaban J connectivity index is 1.78. The lowest BCUT2D eigenvalue weighted by Crippen LogP contribution is -2.27. The highest BCUT2D eigenvalue weighted by Crippen LogP contribution is 2.39. The van der Waals surface area contributed by atoms with Crippen LogP contribution in [0.2, 0.25) is 0 Å². The van der Waals surface area contributed by atoms with Crippen LogP contribution in [-0.4, -0.2) is 28.8 Å². The van der Waals surface area contributed by atoms with Crippen molar-refractivity contribution in [3.63, 3.8) is 0 Å². The quantitative estimate of drug-likeness (QED) is 0.762. The molecule has 0 fully saturated rings. The van der Waals surface area contributed by atoms with Gasteiger partial charge in [-0.15, -0.1) is 0 Å². The average Bonchev–Trinajstić information content (AvgIpc) is 3.38. The third-order valence-electron chi connectivity index (χ3n) is 4.56. The van der Waals surface area contributed by atoms with E-state index in [1.54, 1.807) is 37.4 Å². The number of hydrogen-bond acceptors (Lipinski definition) is 5. The first-order valence-electron chi connectivity index (χ1n) is 8.55. The molecule has 1 N–H and O–H groups in total. The summed E-state index contributed by atoms with van der Waals surface area (Å²) in [6, 6.07) is 17.4. The number of hydrazone groups is 1. The van der Waals surface area contributed by atoms with E-state index in [-0.39, 0.29) is 23.5 Å². The van der Waals surface area contributed by atoms with Gasteiger partial charge in [-0.2, -0.15) is 5.10 Å². The van der Waals surface area contributed by atoms with Gasteiger partial charge in [0, 0.05) is 17.5 Å². The van der Waals surface area contributed by atoms with Crippen LogP contribution < -0.4 is 4.74 Å². The lowest BCUT2D eigenvalue weighted by molar-refractivity contribution is 0.0677. The molecule has 0 radical (unpaired) electrons. The van der Waals surface area contributed by atoms with Crippen LogP contribution in [0.15, 0.2) is 76.4 Å². The fraction of sp³-hybridized carbons (Fsp3) is 0.143. The number of phenolic OH excluding ortho intramolecular Hbond substituents is 1. The molecule has 0 aliphatic carbocycles. The largest absolute Gasteiger partial charge is 0.507 e. The number of carbonyl (C=O) groups is 1. The highest BCUT2D eigenvalue weighted by molar-refractivity contribution is 6.06. The number of benzene rings is 2. The van der Waals surface area contributed by atoms with E-state index in [9.17, 15) is 9.90 Å². The molecule has 136 valence electrons. The first kappa shape index (κ1) is 16.9. The molecule has 4 rings (SSSR count). The van der Waals surface area contributed by atoms with Crippen molar-refractivity contribution in [1.29, 1.82) is 0 Å². The number of amides is 1. The van der Waals surface area contributed by atoms with Crippen LogP contribution in [0, 0.1) is 0 Å². The van der Waals surface area contributed by atoms with E-state index in [4.69, 9.17) is 9.15 Å². The summed E-state index contributed by atoms with van der Waals surface area (Å²) in [5.41, 5.74) is 2.07. The lowest BCUT2D eigenvalue weighted by atomic mass is 9.97. The topological polar surface area (TPSA) is 75.3 Å². The number of nitrogens with zero attached hydrogens (tertiary/aromatic N) is 2. The van der Waals surface area contributed by atoms with E-state index in [2.05, 4.69) is 5.10 Å². The summed E-state index contributed by atoms with van der Waals surface area (Å²) in [6.07, 6.45) is 1.90. The van der Waals surface area contributed by atoms with Crippen LogP contribution in [0.1, 0.15) is 34.1 Å². The van der Waals surface area contributed by atoms with Crippen LogP contribution in [0.5, 0.6) is 11.5 Å². The number of hydrogen-bond donors (Lipinski definition) is 1. The van der Waals surface area contributed by atoms with Gasteiger partial charge in [0.25, 0.3) is 0 Å². The van der Waals surface area contributed by atoms with Crippen molar-refractivity contribution >= 4 is 11.6 Å². The number of methoxy groups -OCH3 is 1. The number of carbonyl (C=O) groups excluding carboxylic acids is 1. The molecule has 27 heavy (non-hydrogen) atoms. The summed E-state index contributed by atoms with van der Waals surface area (Å²) in [7, 11) is 1.59. The number of phenols is 1. The number of para-hydroxylation sites is 2. The number of aromatic hydroxyl groups is 1. The van der Waals surface area contributed by atoms with Gasteiger partial charge in [0.2, 0.25) is 0 Å². The normalized spacial score (nSPS) is 16.3. The second-order valence-electron chi connectivity index (χ2n) is 6.15.